The lowest BCUT2D eigenvalue weighted by atomic mass is 10.3. The minimum Gasteiger partial charge on any atom is -0.355 e. The normalized spacial score (nSPS) is 11.9. The third-order valence-electron chi connectivity index (χ3n) is 1.44. The predicted molar refractivity (Wildman–Crippen MR) is 54.7 cm³/mol. The first kappa shape index (κ1) is 12.4. The van der Waals surface area contributed by atoms with Gasteiger partial charge >= 0.3 is 0 Å². The monoisotopic (exact) mass is 250 g/mol. The Bertz CT molecular complexity index is 185. The van der Waals surface area contributed by atoms with E-state index in [0.717, 1.165) is 0 Å². The lowest BCUT2D eigenvalue weighted by molar-refractivity contribution is -0.128. The second-order valence-corrected chi connectivity index (χ2v) is 3.42. The molecule has 4 nitrogen and oxygen atoms in total. The van der Waals surface area contributed by atoms with Gasteiger partial charge in [0.1, 0.15) is 6.04 Å². The zero-order chi connectivity index (χ0) is 10.3. The molecule has 0 aliphatic heterocycles. The molecule has 0 saturated heterocycles. The summed E-state index contributed by atoms with van der Waals surface area (Å²) >= 11 is 3.15. The molecule has 0 fully saturated rings. The second kappa shape index (κ2) is 6.88. The van der Waals surface area contributed by atoms with Crippen LogP contribution in [0.25, 0.3) is 0 Å². The third kappa shape index (κ3) is 5.63. The smallest absolute Gasteiger partial charge is 0.242 e. The van der Waals surface area contributed by atoms with Crippen molar-refractivity contribution in [3.05, 3.63) is 0 Å². The molecule has 76 valence electrons. The quantitative estimate of drug-likeness (QED) is 0.695. The lowest BCUT2D eigenvalue weighted by Crippen LogP contribution is -2.44. The van der Waals surface area contributed by atoms with Crippen LogP contribution in [0, 0.1) is 0 Å². The number of likely N-dealkylation sites (N-methyl/N-ethyl adjacent to an activating group) is 1. The van der Waals surface area contributed by atoms with Crippen LogP contribution in [0.4, 0.5) is 0 Å². The fourth-order valence-corrected chi connectivity index (χ4v) is 1.15. The molecule has 0 radical (unpaired) electrons. The van der Waals surface area contributed by atoms with Crippen LogP contribution in [0.15, 0.2) is 0 Å². The molecule has 5 heteroatoms. The number of halogens is 1. The van der Waals surface area contributed by atoms with Crippen LogP contribution < -0.4 is 10.6 Å². The molecule has 0 rings (SSSR count). The Morgan fingerprint density at radius 1 is 1.46 bits per heavy atom. The summed E-state index contributed by atoms with van der Waals surface area (Å²) in [7, 11) is 0. The fraction of sp³-hybridized carbons (Fsp3) is 0.750. The van der Waals surface area contributed by atoms with Crippen LogP contribution in [0.2, 0.25) is 0 Å². The molecule has 0 heterocycles. The van der Waals surface area contributed by atoms with Gasteiger partial charge in [-0.15, -0.1) is 0 Å². The summed E-state index contributed by atoms with van der Waals surface area (Å²) in [6, 6.07) is -0.452. The summed E-state index contributed by atoms with van der Waals surface area (Å²) < 4.78 is 0. The van der Waals surface area contributed by atoms with E-state index >= 15 is 0 Å². The number of rotatable bonds is 5. The summed E-state index contributed by atoms with van der Waals surface area (Å²) in [6.45, 7) is 4.08. The Morgan fingerprint density at radius 3 is 2.54 bits per heavy atom. The van der Waals surface area contributed by atoms with Crippen molar-refractivity contribution < 1.29 is 9.59 Å². The van der Waals surface area contributed by atoms with E-state index in [4.69, 9.17) is 0 Å². The Hall–Kier alpha value is -0.580. The fourth-order valence-electron chi connectivity index (χ4n) is 0.792. The maximum atomic E-state index is 11.1. The van der Waals surface area contributed by atoms with Crippen LogP contribution in [0.3, 0.4) is 0 Å². The SMILES string of the molecule is CCNC(=O)C(C)NC(=O)CCBr. The maximum Gasteiger partial charge on any atom is 0.242 e. The summed E-state index contributed by atoms with van der Waals surface area (Å²) in [4.78, 5) is 22.2. The van der Waals surface area contributed by atoms with Gasteiger partial charge in [0.2, 0.25) is 11.8 Å². The molecule has 1 atom stereocenters. The van der Waals surface area contributed by atoms with E-state index in [2.05, 4.69) is 26.6 Å². The highest BCUT2D eigenvalue weighted by molar-refractivity contribution is 9.09. The van der Waals surface area contributed by atoms with Crippen LogP contribution in [-0.2, 0) is 9.59 Å². The molecule has 0 bridgehead atoms. The first-order valence-corrected chi connectivity index (χ1v) is 5.37. The molecular formula is C8H15BrN2O2. The maximum absolute atomic E-state index is 11.1. The second-order valence-electron chi connectivity index (χ2n) is 2.62. The van der Waals surface area contributed by atoms with Gasteiger partial charge in [-0.1, -0.05) is 15.9 Å². The summed E-state index contributed by atoms with van der Waals surface area (Å²) in [5.74, 6) is -0.263. The number of nitrogens with one attached hydrogen (secondary N) is 2. The Labute approximate surface area is 86.6 Å². The van der Waals surface area contributed by atoms with Gasteiger partial charge in [0, 0.05) is 18.3 Å². The zero-order valence-electron chi connectivity index (χ0n) is 7.89. The molecule has 0 saturated carbocycles. The average molecular weight is 251 g/mol. The van der Waals surface area contributed by atoms with Crippen LogP contribution in [0.1, 0.15) is 20.3 Å². The first-order chi connectivity index (χ1) is 6.11. The van der Waals surface area contributed by atoms with Gasteiger partial charge in [-0.3, -0.25) is 9.59 Å². The van der Waals surface area contributed by atoms with Crippen molar-refractivity contribution in [3.63, 3.8) is 0 Å². The molecule has 0 aromatic carbocycles. The molecule has 1 unspecified atom stereocenters. The van der Waals surface area contributed by atoms with Gasteiger partial charge in [0.25, 0.3) is 0 Å². The molecule has 0 aromatic rings. The minimum atomic E-state index is -0.452. The molecule has 13 heavy (non-hydrogen) atoms. The molecule has 0 aliphatic carbocycles. The molecule has 0 aliphatic rings. The summed E-state index contributed by atoms with van der Waals surface area (Å²) in [5.41, 5.74) is 0. The number of hydrogen-bond donors (Lipinski definition) is 2. The standard InChI is InChI=1S/C8H15BrN2O2/c1-3-10-8(13)6(2)11-7(12)4-5-9/h6H,3-5H2,1-2H3,(H,10,13)(H,11,12). The number of carbonyl (C=O) groups excluding carboxylic acids is 2. The number of hydrogen-bond acceptors (Lipinski definition) is 2. The highest BCUT2D eigenvalue weighted by Crippen LogP contribution is 1.89. The van der Waals surface area contributed by atoms with Crippen molar-refractivity contribution in [3.8, 4) is 0 Å². The van der Waals surface area contributed by atoms with E-state index in [9.17, 15) is 9.59 Å². The molecular weight excluding hydrogens is 236 g/mol. The van der Waals surface area contributed by atoms with Gasteiger partial charge in [-0.2, -0.15) is 0 Å². The van der Waals surface area contributed by atoms with Crippen molar-refractivity contribution in [2.24, 2.45) is 0 Å². The highest BCUT2D eigenvalue weighted by Gasteiger charge is 2.13. The highest BCUT2D eigenvalue weighted by atomic mass is 79.9. The van der Waals surface area contributed by atoms with Crippen LogP contribution in [0.5, 0.6) is 0 Å². The minimum absolute atomic E-state index is 0.115. The molecule has 2 amide bonds. The average Bonchev–Trinajstić information content (AvgIpc) is 2.05. The van der Waals surface area contributed by atoms with Crippen molar-refractivity contribution in [1.29, 1.82) is 0 Å². The van der Waals surface area contributed by atoms with E-state index in [1.165, 1.54) is 0 Å². The van der Waals surface area contributed by atoms with Gasteiger partial charge in [0.15, 0.2) is 0 Å². The Morgan fingerprint density at radius 2 is 2.08 bits per heavy atom. The van der Waals surface area contributed by atoms with E-state index in [1.54, 1.807) is 6.92 Å². The van der Waals surface area contributed by atoms with Crippen molar-refractivity contribution in [1.82, 2.24) is 10.6 Å². The van der Waals surface area contributed by atoms with E-state index in [1.807, 2.05) is 6.92 Å². The third-order valence-corrected chi connectivity index (χ3v) is 1.84. The number of amides is 2. The van der Waals surface area contributed by atoms with Crippen LogP contribution >= 0.6 is 15.9 Å². The largest absolute Gasteiger partial charge is 0.355 e. The van der Waals surface area contributed by atoms with Gasteiger partial charge in [-0.25, -0.2) is 0 Å². The van der Waals surface area contributed by atoms with Crippen molar-refractivity contribution >= 4 is 27.7 Å². The van der Waals surface area contributed by atoms with E-state index < -0.39 is 6.04 Å². The Kier molecular flexibility index (Phi) is 6.58. The van der Waals surface area contributed by atoms with Crippen molar-refractivity contribution in [2.45, 2.75) is 26.3 Å². The predicted octanol–water partition coefficient (Wildman–Crippen LogP) is 0.412. The zero-order valence-corrected chi connectivity index (χ0v) is 9.48. The Balaban J connectivity index is 3.78. The van der Waals surface area contributed by atoms with E-state index in [0.29, 0.717) is 18.3 Å². The molecule has 2 N–H and O–H groups in total. The topological polar surface area (TPSA) is 58.2 Å². The van der Waals surface area contributed by atoms with Crippen molar-refractivity contribution in [2.75, 3.05) is 11.9 Å². The van der Waals surface area contributed by atoms with Gasteiger partial charge in [-0.05, 0) is 13.8 Å². The van der Waals surface area contributed by atoms with E-state index in [-0.39, 0.29) is 11.8 Å². The summed E-state index contributed by atoms with van der Waals surface area (Å²) in [6.07, 6.45) is 0.393. The number of alkyl halides is 1. The number of carbonyl (C=O) groups is 2. The van der Waals surface area contributed by atoms with Crippen LogP contribution in [-0.4, -0.2) is 29.7 Å². The first-order valence-electron chi connectivity index (χ1n) is 4.24. The lowest BCUT2D eigenvalue weighted by Gasteiger charge is -2.12. The summed E-state index contributed by atoms with van der Waals surface area (Å²) in [5, 5.41) is 5.82. The molecule has 0 spiro atoms. The molecule has 0 aromatic heterocycles. The van der Waals surface area contributed by atoms with Gasteiger partial charge < -0.3 is 10.6 Å². The van der Waals surface area contributed by atoms with Gasteiger partial charge in [0.05, 0.1) is 0 Å².